The third-order valence-corrected chi connectivity index (χ3v) is 10.3. The second-order valence-electron chi connectivity index (χ2n) is 10.5. The number of pyridine rings is 1. The van der Waals surface area contributed by atoms with Crippen molar-refractivity contribution in [1.29, 1.82) is 0 Å². The predicted octanol–water partition coefficient (Wildman–Crippen LogP) is 3.73. The molecule has 10 heteroatoms. The average Bonchev–Trinajstić information content (AvgIpc) is 3.16. The number of sulfonamides is 1. The molecule has 1 aromatic heterocycles. The van der Waals surface area contributed by atoms with Gasteiger partial charge in [0, 0.05) is 29.8 Å². The highest BCUT2D eigenvalue weighted by Crippen LogP contribution is 2.52. The van der Waals surface area contributed by atoms with Gasteiger partial charge in [-0.2, -0.15) is 0 Å². The summed E-state index contributed by atoms with van der Waals surface area (Å²) in [6.07, 6.45) is 8.06. The summed E-state index contributed by atoms with van der Waals surface area (Å²) in [6, 6.07) is 9.51. The van der Waals surface area contributed by atoms with E-state index in [4.69, 9.17) is 4.74 Å². The molecule has 0 radical (unpaired) electrons. The summed E-state index contributed by atoms with van der Waals surface area (Å²) >= 11 is 0. The van der Waals surface area contributed by atoms with Crippen LogP contribution >= 0.6 is 0 Å². The zero-order valence-corrected chi connectivity index (χ0v) is 22.1. The van der Waals surface area contributed by atoms with Gasteiger partial charge in [-0.1, -0.05) is 24.3 Å². The molecule has 3 fully saturated rings. The number of rotatable bonds is 6. The molecule has 1 amide bonds. The predicted molar refractivity (Wildman–Crippen MR) is 142 cm³/mol. The Hall–Kier alpha value is -2.82. The highest BCUT2D eigenvalue weighted by atomic mass is 32.2. The minimum atomic E-state index is -3.57. The molecule has 204 valence electrons. The molecule has 5 rings (SSSR count). The van der Waals surface area contributed by atoms with Crippen LogP contribution in [0.3, 0.4) is 0 Å². The molecule has 1 saturated heterocycles. The van der Waals surface area contributed by atoms with Crippen LogP contribution in [0.15, 0.2) is 48.7 Å². The number of aliphatic hydroxyl groups is 1. The summed E-state index contributed by atoms with van der Waals surface area (Å²) in [5.41, 5.74) is 2.27. The molecule has 3 aliphatic rings. The summed E-state index contributed by atoms with van der Waals surface area (Å²) in [4.78, 5) is 16.5. The van der Waals surface area contributed by atoms with Gasteiger partial charge in [0.2, 0.25) is 10.0 Å². The smallest absolute Gasteiger partial charge is 0.407 e. The molecule has 1 aromatic carbocycles. The fourth-order valence-electron chi connectivity index (χ4n) is 6.74. The maximum atomic E-state index is 13.6. The number of benzene rings is 1. The van der Waals surface area contributed by atoms with Crippen LogP contribution in [0.2, 0.25) is 0 Å². The van der Waals surface area contributed by atoms with E-state index < -0.39 is 27.4 Å². The molecule has 0 bridgehead atoms. The summed E-state index contributed by atoms with van der Waals surface area (Å²) in [6.45, 7) is 1.80. The topological polar surface area (TPSA) is 118 Å². The van der Waals surface area contributed by atoms with Crippen LogP contribution in [0, 0.1) is 29.5 Å². The van der Waals surface area contributed by atoms with Gasteiger partial charge in [-0.15, -0.1) is 0 Å². The van der Waals surface area contributed by atoms with Gasteiger partial charge in [0.25, 0.3) is 0 Å². The van der Waals surface area contributed by atoms with Gasteiger partial charge < -0.3 is 15.2 Å². The van der Waals surface area contributed by atoms with Crippen LogP contribution in [0.4, 0.5) is 9.18 Å². The number of aliphatic hydroxyl groups excluding tert-OH is 1. The molecule has 1 aliphatic heterocycles. The van der Waals surface area contributed by atoms with E-state index in [9.17, 15) is 22.7 Å². The molecule has 2 aliphatic carbocycles. The first-order valence-electron chi connectivity index (χ1n) is 13.2. The molecule has 7 atom stereocenters. The number of hydrogen-bond acceptors (Lipinski definition) is 6. The van der Waals surface area contributed by atoms with Crippen molar-refractivity contribution in [1.82, 2.24) is 15.0 Å². The number of allylic oxidation sites excluding steroid dienone is 1. The van der Waals surface area contributed by atoms with Gasteiger partial charge >= 0.3 is 6.09 Å². The van der Waals surface area contributed by atoms with E-state index in [0.29, 0.717) is 19.4 Å². The number of carbonyl (C=O) groups excluding carboxylic acids is 1. The molecule has 8 nitrogen and oxygen atoms in total. The summed E-state index contributed by atoms with van der Waals surface area (Å²) < 4.78 is 47.4. The fourth-order valence-corrected chi connectivity index (χ4v) is 8.86. The number of nitrogens with one attached hydrogen (secondary N) is 2. The van der Waals surface area contributed by atoms with Crippen LogP contribution in [-0.4, -0.2) is 55.1 Å². The zero-order valence-electron chi connectivity index (χ0n) is 21.3. The Morgan fingerprint density at radius 3 is 2.79 bits per heavy atom. The molecule has 38 heavy (non-hydrogen) atoms. The fraction of sp³-hybridized carbons (Fsp3) is 0.500. The van der Waals surface area contributed by atoms with Crippen molar-refractivity contribution in [2.75, 3.05) is 13.2 Å². The van der Waals surface area contributed by atoms with Crippen LogP contribution < -0.4 is 10.0 Å². The van der Waals surface area contributed by atoms with Gasteiger partial charge in [0.1, 0.15) is 5.82 Å². The van der Waals surface area contributed by atoms with Crippen molar-refractivity contribution in [3.05, 3.63) is 60.2 Å². The minimum absolute atomic E-state index is 0.0563. The standard InChI is InChI=1S/C28H34FN3O5S/c1-2-37-28(34)31-22-9-10-23-19(13-22)14-26-27(25(16-33)32-38(26,35)36)24(23)11-8-21-7-6-18(15-30-21)17-4-3-5-20(29)12-17/h3-8,11-12,15,19,22-27,32-33H,2,9-10,13-14,16H2,1H3,(H,31,34)/t19-,22+,23+,24-,25+,26+,27+/m0/s1. The molecule has 0 unspecified atom stereocenters. The van der Waals surface area contributed by atoms with Gasteiger partial charge in [-0.05, 0) is 80.2 Å². The van der Waals surface area contributed by atoms with E-state index in [2.05, 4.69) is 21.1 Å². The largest absolute Gasteiger partial charge is 0.450 e. The molecule has 3 N–H and O–H groups in total. The van der Waals surface area contributed by atoms with Crippen molar-refractivity contribution in [3.63, 3.8) is 0 Å². The highest BCUT2D eigenvalue weighted by Gasteiger charge is 2.56. The first-order chi connectivity index (χ1) is 18.3. The second kappa shape index (κ2) is 11.1. The van der Waals surface area contributed by atoms with Gasteiger partial charge in [-0.3, -0.25) is 4.98 Å². The van der Waals surface area contributed by atoms with E-state index >= 15 is 0 Å². The van der Waals surface area contributed by atoms with E-state index in [1.54, 1.807) is 19.2 Å². The normalized spacial score (nSPS) is 31.9. The lowest BCUT2D eigenvalue weighted by molar-refractivity contribution is 0.0538. The third-order valence-electron chi connectivity index (χ3n) is 8.35. The van der Waals surface area contributed by atoms with Crippen molar-refractivity contribution in [2.24, 2.45) is 23.7 Å². The van der Waals surface area contributed by atoms with E-state index in [1.165, 1.54) is 12.1 Å². The van der Waals surface area contributed by atoms with Gasteiger partial charge in [-0.25, -0.2) is 22.3 Å². The summed E-state index contributed by atoms with van der Waals surface area (Å²) in [7, 11) is -3.57. The number of fused-ring (bicyclic) bond motifs is 2. The number of aromatic nitrogens is 1. The number of alkyl carbamates (subject to hydrolysis) is 1. The third kappa shape index (κ3) is 5.48. The van der Waals surface area contributed by atoms with Crippen molar-refractivity contribution in [2.45, 2.75) is 49.9 Å². The Kier molecular flexibility index (Phi) is 7.83. The number of halogens is 1. The maximum Gasteiger partial charge on any atom is 0.407 e. The Labute approximate surface area is 222 Å². The lowest BCUT2D eigenvalue weighted by atomic mass is 9.59. The Balaban J connectivity index is 1.39. The van der Waals surface area contributed by atoms with Crippen LogP contribution in [0.1, 0.15) is 38.3 Å². The number of ether oxygens (including phenoxy) is 1. The Morgan fingerprint density at radius 1 is 1.24 bits per heavy atom. The first-order valence-corrected chi connectivity index (χ1v) is 14.8. The van der Waals surface area contributed by atoms with Gasteiger partial charge in [0.15, 0.2) is 0 Å². The van der Waals surface area contributed by atoms with Crippen molar-refractivity contribution in [3.8, 4) is 11.1 Å². The Morgan fingerprint density at radius 2 is 2.08 bits per heavy atom. The molecule has 2 aromatic rings. The second-order valence-corrected chi connectivity index (χ2v) is 12.5. The van der Waals surface area contributed by atoms with Crippen molar-refractivity contribution >= 4 is 22.2 Å². The molecule has 2 heterocycles. The molecule has 2 saturated carbocycles. The number of amides is 1. The summed E-state index contributed by atoms with van der Waals surface area (Å²) in [5, 5.41) is 12.4. The summed E-state index contributed by atoms with van der Waals surface area (Å²) in [5.74, 6) is -0.288. The van der Waals surface area contributed by atoms with Crippen LogP contribution in [0.25, 0.3) is 17.2 Å². The lowest BCUT2D eigenvalue weighted by Crippen LogP contribution is -2.50. The molecular formula is C28H34FN3O5S. The quantitative estimate of drug-likeness (QED) is 0.511. The molecular weight excluding hydrogens is 509 g/mol. The lowest BCUT2D eigenvalue weighted by Gasteiger charge is -2.48. The highest BCUT2D eigenvalue weighted by molar-refractivity contribution is 7.90. The Bertz CT molecular complexity index is 1290. The maximum absolute atomic E-state index is 13.6. The van der Waals surface area contributed by atoms with Crippen molar-refractivity contribution < 1.29 is 27.4 Å². The van der Waals surface area contributed by atoms with Gasteiger partial charge in [0.05, 0.1) is 24.2 Å². The van der Waals surface area contributed by atoms with Crippen LogP contribution in [-0.2, 0) is 14.8 Å². The zero-order chi connectivity index (χ0) is 26.9. The van der Waals surface area contributed by atoms with Crippen LogP contribution in [0.5, 0.6) is 0 Å². The van der Waals surface area contributed by atoms with E-state index in [0.717, 1.165) is 29.7 Å². The minimum Gasteiger partial charge on any atom is -0.450 e. The number of hydrogen-bond donors (Lipinski definition) is 3. The van der Waals surface area contributed by atoms with E-state index in [1.807, 2.05) is 24.3 Å². The number of nitrogens with zero attached hydrogens (tertiary/aromatic N) is 1. The average molecular weight is 544 g/mol. The monoisotopic (exact) mass is 543 g/mol. The first kappa shape index (κ1) is 26.8. The number of carbonyl (C=O) groups is 1. The van der Waals surface area contributed by atoms with E-state index in [-0.39, 0.29) is 42.1 Å². The SMILES string of the molecule is CCOC(=O)N[C@@H]1CC[C@@H]2[C@@H](C1)C[C@@H]1[C@H]([C@H]2C=Cc2ccc(-c3cccc(F)c3)cn2)[C@@H](CO)NS1(=O)=O. The molecule has 0 spiro atoms.